The van der Waals surface area contributed by atoms with Crippen LogP contribution in [0.4, 0.5) is 26.3 Å². The van der Waals surface area contributed by atoms with Crippen molar-refractivity contribution in [3.63, 3.8) is 0 Å². The molecular formula is C6H5F6O. The predicted molar refractivity (Wildman–Crippen MR) is 30.5 cm³/mol. The van der Waals surface area contributed by atoms with E-state index in [2.05, 4.69) is 0 Å². The maximum Gasteiger partial charge on any atom is 0.403 e. The molecule has 13 heavy (non-hydrogen) atoms. The Morgan fingerprint density at radius 3 is 1.38 bits per heavy atom. The van der Waals surface area contributed by atoms with Crippen LogP contribution in [0.15, 0.2) is 0 Å². The predicted octanol–water partition coefficient (Wildman–Crippen LogP) is 2.62. The Morgan fingerprint density at radius 1 is 1.00 bits per heavy atom. The Kier molecular flexibility index (Phi) is 3.01. The Labute approximate surface area is 69.7 Å². The lowest BCUT2D eigenvalue weighted by molar-refractivity contribution is -0.331. The Balaban J connectivity index is 5.07. The standard InChI is InChI=1S/C6H5F6O/c1-4(2-3-13,5(7,8)9)6(10,11)12/h2H2,1H3. The van der Waals surface area contributed by atoms with Gasteiger partial charge >= 0.3 is 12.4 Å². The van der Waals surface area contributed by atoms with Crippen LogP contribution in [0.3, 0.4) is 0 Å². The van der Waals surface area contributed by atoms with Gasteiger partial charge in [-0.3, -0.25) is 4.79 Å². The quantitative estimate of drug-likeness (QED) is 0.636. The number of hydrogen-bond donors (Lipinski definition) is 0. The summed E-state index contributed by atoms with van der Waals surface area (Å²) in [5, 5.41) is 0. The van der Waals surface area contributed by atoms with Gasteiger partial charge in [-0.15, -0.1) is 0 Å². The lowest BCUT2D eigenvalue weighted by Crippen LogP contribution is -2.47. The summed E-state index contributed by atoms with van der Waals surface area (Å²) in [5.41, 5.74) is -4.00. The van der Waals surface area contributed by atoms with E-state index < -0.39 is 24.2 Å². The summed E-state index contributed by atoms with van der Waals surface area (Å²) in [7, 11) is 0. The van der Waals surface area contributed by atoms with Gasteiger partial charge in [-0.05, 0) is 6.92 Å². The van der Waals surface area contributed by atoms with Gasteiger partial charge in [0.15, 0.2) is 11.7 Å². The van der Waals surface area contributed by atoms with Gasteiger partial charge in [0.25, 0.3) is 0 Å². The minimum atomic E-state index is -5.50. The molecule has 0 aromatic carbocycles. The second kappa shape index (κ2) is 3.19. The summed E-state index contributed by atoms with van der Waals surface area (Å²) in [5.74, 6) is 0. The van der Waals surface area contributed by atoms with E-state index in [1.807, 2.05) is 0 Å². The van der Waals surface area contributed by atoms with Gasteiger partial charge in [0.2, 0.25) is 0 Å². The summed E-state index contributed by atoms with van der Waals surface area (Å²) >= 11 is 0. The van der Waals surface area contributed by atoms with Crippen molar-refractivity contribution in [2.75, 3.05) is 0 Å². The van der Waals surface area contributed by atoms with Crippen molar-refractivity contribution >= 4 is 6.29 Å². The molecule has 0 spiro atoms. The Bertz CT molecular complexity index is 176. The fourth-order valence-electron chi connectivity index (χ4n) is 0.505. The summed E-state index contributed by atoms with van der Waals surface area (Å²) in [6.07, 6.45) is -12.1. The van der Waals surface area contributed by atoms with Gasteiger partial charge in [-0.1, -0.05) is 0 Å². The minimum Gasteiger partial charge on any atom is -0.291 e. The van der Waals surface area contributed by atoms with Crippen LogP contribution in [0.1, 0.15) is 13.3 Å². The highest BCUT2D eigenvalue weighted by molar-refractivity contribution is 5.52. The lowest BCUT2D eigenvalue weighted by atomic mass is 9.86. The highest BCUT2D eigenvalue weighted by Crippen LogP contribution is 2.51. The van der Waals surface area contributed by atoms with Crippen molar-refractivity contribution in [1.82, 2.24) is 0 Å². The van der Waals surface area contributed by atoms with Crippen LogP contribution in [-0.2, 0) is 4.79 Å². The van der Waals surface area contributed by atoms with Crippen molar-refractivity contribution in [2.45, 2.75) is 25.7 Å². The molecular weight excluding hydrogens is 202 g/mol. The number of hydrogen-bond acceptors (Lipinski definition) is 1. The molecule has 0 saturated carbocycles. The summed E-state index contributed by atoms with van der Waals surface area (Å²) in [4.78, 5) is 9.59. The molecule has 0 fully saturated rings. The molecule has 0 aromatic rings. The van der Waals surface area contributed by atoms with Crippen molar-refractivity contribution < 1.29 is 31.1 Å². The normalized spacial score (nSPS) is 14.4. The van der Waals surface area contributed by atoms with Crippen molar-refractivity contribution in [3.8, 4) is 0 Å². The molecule has 0 N–H and O–H groups in total. The first-order valence-electron chi connectivity index (χ1n) is 3.05. The highest BCUT2D eigenvalue weighted by atomic mass is 19.4. The Morgan fingerprint density at radius 2 is 1.31 bits per heavy atom. The molecule has 0 heterocycles. The molecule has 0 rings (SSSR count). The molecule has 7 heteroatoms. The third-order valence-corrected chi connectivity index (χ3v) is 1.68. The van der Waals surface area contributed by atoms with Gasteiger partial charge in [-0.25, -0.2) is 0 Å². The van der Waals surface area contributed by atoms with Crippen LogP contribution >= 0.6 is 0 Å². The smallest absolute Gasteiger partial charge is 0.291 e. The zero-order valence-electron chi connectivity index (χ0n) is 6.38. The maximum atomic E-state index is 11.9. The van der Waals surface area contributed by atoms with E-state index in [4.69, 9.17) is 0 Å². The van der Waals surface area contributed by atoms with Gasteiger partial charge in [0, 0.05) is 6.42 Å². The van der Waals surface area contributed by atoms with Crippen LogP contribution in [-0.4, -0.2) is 18.6 Å². The molecule has 0 saturated heterocycles. The zero-order valence-corrected chi connectivity index (χ0v) is 6.38. The summed E-state index contributed by atoms with van der Waals surface area (Å²) < 4.78 is 71.3. The van der Waals surface area contributed by atoms with E-state index in [0.717, 1.165) is 0 Å². The third-order valence-electron chi connectivity index (χ3n) is 1.68. The fourth-order valence-corrected chi connectivity index (χ4v) is 0.505. The maximum absolute atomic E-state index is 11.9. The van der Waals surface area contributed by atoms with E-state index in [-0.39, 0.29) is 6.92 Å². The topological polar surface area (TPSA) is 17.1 Å². The second-order valence-electron chi connectivity index (χ2n) is 2.65. The van der Waals surface area contributed by atoms with E-state index in [9.17, 15) is 31.1 Å². The first-order chi connectivity index (χ1) is 5.56. The van der Waals surface area contributed by atoms with Crippen LogP contribution in [0.2, 0.25) is 0 Å². The fraction of sp³-hybridized carbons (Fsp3) is 0.833. The molecule has 1 radical (unpaired) electrons. The lowest BCUT2D eigenvalue weighted by Gasteiger charge is -2.31. The molecule has 0 atom stereocenters. The van der Waals surface area contributed by atoms with Gasteiger partial charge < -0.3 is 0 Å². The van der Waals surface area contributed by atoms with Crippen molar-refractivity contribution in [3.05, 3.63) is 0 Å². The first kappa shape index (κ1) is 12.2. The van der Waals surface area contributed by atoms with Crippen LogP contribution in [0, 0.1) is 5.41 Å². The monoisotopic (exact) mass is 207 g/mol. The average Bonchev–Trinajstić information content (AvgIpc) is 1.82. The number of carbonyl (C=O) groups excluding carboxylic acids is 1. The molecule has 0 aromatic heterocycles. The van der Waals surface area contributed by atoms with E-state index in [1.54, 1.807) is 0 Å². The number of alkyl halides is 6. The minimum absolute atomic E-state index is 0.0715. The van der Waals surface area contributed by atoms with E-state index in [1.165, 1.54) is 0 Å². The molecule has 0 aliphatic heterocycles. The molecule has 0 aliphatic rings. The molecule has 1 nitrogen and oxygen atoms in total. The second-order valence-corrected chi connectivity index (χ2v) is 2.65. The molecule has 0 unspecified atom stereocenters. The largest absolute Gasteiger partial charge is 0.403 e. The van der Waals surface area contributed by atoms with Gasteiger partial charge in [-0.2, -0.15) is 26.3 Å². The van der Waals surface area contributed by atoms with Crippen LogP contribution in [0.5, 0.6) is 0 Å². The third kappa shape index (κ3) is 2.13. The SMILES string of the molecule is CC(C[C]=O)(C(F)(F)F)C(F)(F)F. The molecule has 77 valence electrons. The highest BCUT2D eigenvalue weighted by Gasteiger charge is 2.67. The average molecular weight is 207 g/mol. The summed E-state index contributed by atoms with van der Waals surface area (Å²) in [6.45, 7) is -0.0715. The summed E-state index contributed by atoms with van der Waals surface area (Å²) in [6, 6.07) is 0. The van der Waals surface area contributed by atoms with Gasteiger partial charge in [0.1, 0.15) is 0 Å². The molecule has 0 amide bonds. The number of rotatable bonds is 2. The zero-order chi connectivity index (χ0) is 10.9. The van der Waals surface area contributed by atoms with Crippen LogP contribution < -0.4 is 0 Å². The Hall–Kier alpha value is -0.750. The van der Waals surface area contributed by atoms with Crippen molar-refractivity contribution in [2.24, 2.45) is 5.41 Å². The van der Waals surface area contributed by atoms with E-state index in [0.29, 0.717) is 6.29 Å². The molecule has 0 aliphatic carbocycles. The van der Waals surface area contributed by atoms with Crippen LogP contribution in [0.25, 0.3) is 0 Å². The first-order valence-corrected chi connectivity index (χ1v) is 3.05. The van der Waals surface area contributed by atoms with E-state index >= 15 is 0 Å². The number of halogens is 6. The molecule has 0 bridgehead atoms. The van der Waals surface area contributed by atoms with Crippen molar-refractivity contribution in [1.29, 1.82) is 0 Å². The van der Waals surface area contributed by atoms with Gasteiger partial charge in [0.05, 0.1) is 0 Å².